The van der Waals surface area contributed by atoms with Crippen molar-refractivity contribution in [3.05, 3.63) is 0 Å². The topological polar surface area (TPSA) is 24.5 Å². The number of rotatable bonds is 6. The molecule has 0 bridgehead atoms. The van der Waals surface area contributed by atoms with Crippen molar-refractivity contribution in [3.63, 3.8) is 0 Å². The monoisotopic (exact) mass is 228 g/mol. The maximum Gasteiger partial charge on any atom is 0.0546 e. The molecule has 0 aromatic rings. The predicted molar refractivity (Wildman–Crippen MR) is 68.8 cm³/mol. The van der Waals surface area contributed by atoms with E-state index in [2.05, 4.69) is 31.1 Å². The first-order valence-corrected chi connectivity index (χ1v) is 6.56. The number of hydrogen-bond acceptors (Lipinski definition) is 3. The van der Waals surface area contributed by atoms with Crippen molar-refractivity contribution in [1.29, 1.82) is 0 Å². The molecule has 0 aromatic carbocycles. The molecule has 3 nitrogen and oxygen atoms in total. The van der Waals surface area contributed by atoms with Gasteiger partial charge in [-0.1, -0.05) is 6.92 Å². The summed E-state index contributed by atoms with van der Waals surface area (Å²) in [5.41, 5.74) is 0.325. The minimum Gasteiger partial charge on any atom is -0.381 e. The standard InChI is InChI=1S/C13H28N2O/c1-5-12(2)15(4)10-13(9-14-3)7-6-8-16-11-13/h12,14H,5-11H2,1-4H3. The van der Waals surface area contributed by atoms with Crippen molar-refractivity contribution >= 4 is 0 Å². The van der Waals surface area contributed by atoms with Crippen LogP contribution < -0.4 is 5.32 Å². The Labute approximate surface area is 101 Å². The number of nitrogens with zero attached hydrogens (tertiary/aromatic N) is 1. The normalized spacial score (nSPS) is 28.3. The number of ether oxygens (including phenoxy) is 1. The molecule has 96 valence electrons. The summed E-state index contributed by atoms with van der Waals surface area (Å²) in [6, 6.07) is 0.663. The van der Waals surface area contributed by atoms with Crippen LogP contribution in [0.3, 0.4) is 0 Å². The molecule has 2 atom stereocenters. The number of nitrogens with one attached hydrogen (secondary N) is 1. The summed E-state index contributed by atoms with van der Waals surface area (Å²) in [5.74, 6) is 0. The van der Waals surface area contributed by atoms with Crippen LogP contribution in [0.4, 0.5) is 0 Å². The molecule has 1 fully saturated rings. The zero-order chi connectivity index (χ0) is 12.0. The van der Waals surface area contributed by atoms with Crippen LogP contribution in [0.15, 0.2) is 0 Å². The third-order valence-corrected chi connectivity index (χ3v) is 3.88. The lowest BCUT2D eigenvalue weighted by molar-refractivity contribution is -0.0266. The van der Waals surface area contributed by atoms with E-state index in [0.717, 1.165) is 26.3 Å². The fraction of sp³-hybridized carbons (Fsp3) is 1.00. The molecule has 1 aliphatic rings. The van der Waals surface area contributed by atoms with E-state index in [-0.39, 0.29) is 0 Å². The molecule has 0 radical (unpaired) electrons. The number of hydrogen-bond donors (Lipinski definition) is 1. The molecule has 0 amide bonds. The van der Waals surface area contributed by atoms with Crippen molar-refractivity contribution in [1.82, 2.24) is 10.2 Å². The SMILES string of the molecule is CCC(C)N(C)CC1(CNC)CCCOC1. The van der Waals surface area contributed by atoms with Gasteiger partial charge < -0.3 is 15.0 Å². The van der Waals surface area contributed by atoms with Gasteiger partial charge in [-0.25, -0.2) is 0 Å². The molecule has 0 spiro atoms. The molecule has 1 rings (SSSR count). The average Bonchev–Trinajstić information content (AvgIpc) is 2.29. The lowest BCUT2D eigenvalue weighted by atomic mass is 9.81. The minimum absolute atomic E-state index is 0.325. The van der Waals surface area contributed by atoms with E-state index in [0.29, 0.717) is 11.5 Å². The molecule has 1 heterocycles. The summed E-state index contributed by atoms with van der Waals surface area (Å²) >= 11 is 0. The molecule has 0 aliphatic carbocycles. The lowest BCUT2D eigenvalue weighted by Crippen LogP contribution is -2.49. The Hall–Kier alpha value is -0.120. The van der Waals surface area contributed by atoms with Gasteiger partial charge in [0.05, 0.1) is 6.61 Å². The van der Waals surface area contributed by atoms with Crippen LogP contribution in [-0.2, 0) is 4.74 Å². The quantitative estimate of drug-likeness (QED) is 0.749. The van der Waals surface area contributed by atoms with Crippen LogP contribution in [0.2, 0.25) is 0 Å². The van der Waals surface area contributed by atoms with Crippen LogP contribution in [0.1, 0.15) is 33.1 Å². The first kappa shape index (κ1) is 13.9. The molecule has 2 unspecified atom stereocenters. The Morgan fingerprint density at radius 1 is 1.50 bits per heavy atom. The zero-order valence-corrected chi connectivity index (χ0v) is 11.4. The third-order valence-electron chi connectivity index (χ3n) is 3.88. The van der Waals surface area contributed by atoms with E-state index >= 15 is 0 Å². The van der Waals surface area contributed by atoms with Gasteiger partial charge in [-0.3, -0.25) is 0 Å². The fourth-order valence-corrected chi connectivity index (χ4v) is 2.60. The molecule has 1 saturated heterocycles. The molecule has 3 heteroatoms. The highest BCUT2D eigenvalue weighted by Gasteiger charge is 2.34. The summed E-state index contributed by atoms with van der Waals surface area (Å²) in [6.07, 6.45) is 3.71. The Bertz CT molecular complexity index is 185. The molecular formula is C13H28N2O. The molecule has 1 N–H and O–H groups in total. The summed E-state index contributed by atoms with van der Waals surface area (Å²) in [6.45, 7) is 8.61. The van der Waals surface area contributed by atoms with Gasteiger partial charge in [-0.2, -0.15) is 0 Å². The Balaban J connectivity index is 2.55. The fourth-order valence-electron chi connectivity index (χ4n) is 2.60. The van der Waals surface area contributed by atoms with Crippen LogP contribution in [0.5, 0.6) is 0 Å². The summed E-state index contributed by atoms with van der Waals surface area (Å²) in [4.78, 5) is 2.48. The van der Waals surface area contributed by atoms with Crippen molar-refractivity contribution in [2.45, 2.75) is 39.2 Å². The van der Waals surface area contributed by atoms with E-state index in [1.54, 1.807) is 0 Å². The predicted octanol–water partition coefficient (Wildman–Crippen LogP) is 1.73. The largest absolute Gasteiger partial charge is 0.381 e. The summed E-state index contributed by atoms with van der Waals surface area (Å²) in [7, 11) is 4.28. The highest BCUT2D eigenvalue weighted by molar-refractivity contribution is 4.87. The zero-order valence-electron chi connectivity index (χ0n) is 11.4. The first-order chi connectivity index (χ1) is 7.63. The van der Waals surface area contributed by atoms with Crippen molar-refractivity contribution in [3.8, 4) is 0 Å². The minimum atomic E-state index is 0.325. The Kier molecular flexibility index (Phi) is 5.73. The summed E-state index contributed by atoms with van der Waals surface area (Å²) < 4.78 is 5.69. The van der Waals surface area contributed by atoms with Crippen LogP contribution in [0, 0.1) is 5.41 Å². The summed E-state index contributed by atoms with van der Waals surface area (Å²) in [5, 5.41) is 3.33. The van der Waals surface area contributed by atoms with Gasteiger partial charge in [0.1, 0.15) is 0 Å². The second kappa shape index (κ2) is 6.58. The van der Waals surface area contributed by atoms with Gasteiger partial charge in [0.2, 0.25) is 0 Å². The van der Waals surface area contributed by atoms with Gasteiger partial charge in [-0.05, 0) is 40.3 Å². The molecule has 0 saturated carbocycles. The van der Waals surface area contributed by atoms with E-state index < -0.39 is 0 Å². The van der Waals surface area contributed by atoms with Crippen molar-refractivity contribution < 1.29 is 4.74 Å². The highest BCUT2D eigenvalue weighted by Crippen LogP contribution is 2.29. The van der Waals surface area contributed by atoms with Crippen molar-refractivity contribution in [2.24, 2.45) is 5.41 Å². The van der Waals surface area contributed by atoms with Crippen molar-refractivity contribution in [2.75, 3.05) is 40.4 Å². The van der Waals surface area contributed by atoms with Gasteiger partial charge in [-0.15, -0.1) is 0 Å². The van der Waals surface area contributed by atoms with E-state index in [4.69, 9.17) is 4.74 Å². The van der Waals surface area contributed by atoms with Crippen LogP contribution in [-0.4, -0.2) is 51.3 Å². The maximum absolute atomic E-state index is 5.69. The van der Waals surface area contributed by atoms with E-state index in [9.17, 15) is 0 Å². The van der Waals surface area contributed by atoms with E-state index in [1.165, 1.54) is 19.3 Å². The van der Waals surface area contributed by atoms with E-state index in [1.807, 2.05) is 7.05 Å². The molecule has 1 aliphatic heterocycles. The smallest absolute Gasteiger partial charge is 0.0546 e. The first-order valence-electron chi connectivity index (χ1n) is 6.56. The van der Waals surface area contributed by atoms with Gasteiger partial charge in [0.25, 0.3) is 0 Å². The second-order valence-electron chi connectivity index (χ2n) is 5.36. The molecule has 16 heavy (non-hydrogen) atoms. The van der Waals surface area contributed by atoms with Crippen LogP contribution in [0.25, 0.3) is 0 Å². The third kappa shape index (κ3) is 3.72. The van der Waals surface area contributed by atoms with Crippen LogP contribution >= 0.6 is 0 Å². The van der Waals surface area contributed by atoms with Gasteiger partial charge in [0, 0.05) is 31.2 Å². The Morgan fingerprint density at radius 2 is 2.25 bits per heavy atom. The van der Waals surface area contributed by atoms with Gasteiger partial charge >= 0.3 is 0 Å². The van der Waals surface area contributed by atoms with Gasteiger partial charge in [0.15, 0.2) is 0 Å². The highest BCUT2D eigenvalue weighted by atomic mass is 16.5. The lowest BCUT2D eigenvalue weighted by Gasteiger charge is -2.41. The average molecular weight is 228 g/mol. The second-order valence-corrected chi connectivity index (χ2v) is 5.36. The molecule has 0 aromatic heterocycles. The molecular weight excluding hydrogens is 200 g/mol. The Morgan fingerprint density at radius 3 is 2.75 bits per heavy atom. The maximum atomic E-state index is 5.69.